The van der Waals surface area contributed by atoms with Crippen LogP contribution in [0.5, 0.6) is 5.88 Å². The number of aromatic nitrogens is 1. The number of hydrogen-bond donors (Lipinski definition) is 1. The summed E-state index contributed by atoms with van der Waals surface area (Å²) < 4.78 is 4.99. The lowest BCUT2D eigenvalue weighted by Crippen LogP contribution is -2.16. The Hall–Kier alpha value is -1.19. The lowest BCUT2D eigenvalue weighted by atomic mass is 9.74. The monoisotopic (exact) mass is 149 g/mol. The number of rotatable bonds is 2. The van der Waals surface area contributed by atoms with Gasteiger partial charge in [0, 0.05) is 5.69 Å². The zero-order chi connectivity index (χ0) is 8.27. The molecule has 1 radical (unpaired) electrons. The summed E-state index contributed by atoms with van der Waals surface area (Å²) in [4.78, 5) is 3.99. The molecule has 0 bridgehead atoms. The highest BCUT2D eigenvalue weighted by atomic mass is 16.5. The number of ether oxygens (including phenoxy) is 1. The Bertz CT molecular complexity index is 252. The molecule has 0 unspecified atom stereocenters. The molecule has 0 fully saturated rings. The lowest BCUT2D eigenvalue weighted by molar-refractivity contribution is 0.401. The fourth-order valence-corrected chi connectivity index (χ4v) is 0.864. The molecule has 11 heavy (non-hydrogen) atoms. The number of methoxy groups -OCH3 is 1. The number of nitrogens with zero attached hydrogens (tertiary/aromatic N) is 1. The molecule has 1 aromatic heterocycles. The van der Waals surface area contributed by atoms with Crippen molar-refractivity contribution in [3.63, 3.8) is 0 Å². The van der Waals surface area contributed by atoms with Crippen molar-refractivity contribution in [2.75, 3.05) is 12.8 Å². The van der Waals surface area contributed by atoms with Crippen molar-refractivity contribution >= 4 is 18.4 Å². The third-order valence-electron chi connectivity index (χ3n) is 1.40. The van der Waals surface area contributed by atoms with Crippen molar-refractivity contribution in [2.24, 2.45) is 0 Å². The highest BCUT2D eigenvalue weighted by Crippen LogP contribution is 2.04. The van der Waals surface area contributed by atoms with Gasteiger partial charge in [-0.3, -0.25) is 0 Å². The Balaban J connectivity index is 3.06. The minimum atomic E-state index is 0.613. The molecule has 0 amide bonds. The largest absolute Gasteiger partial charge is 0.481 e. The van der Waals surface area contributed by atoms with Crippen LogP contribution in [0.2, 0.25) is 6.82 Å². The van der Waals surface area contributed by atoms with E-state index < -0.39 is 0 Å². The number of nitrogens with two attached hydrogens (primary N) is 1. The van der Waals surface area contributed by atoms with Crippen molar-refractivity contribution in [1.29, 1.82) is 0 Å². The Kier molecular flexibility index (Phi) is 2.36. The minimum Gasteiger partial charge on any atom is -0.481 e. The van der Waals surface area contributed by atoms with Gasteiger partial charge in [0.25, 0.3) is 0 Å². The summed E-state index contributed by atoms with van der Waals surface area (Å²) in [6, 6.07) is 1.83. The van der Waals surface area contributed by atoms with E-state index in [1.165, 1.54) is 0 Å². The Morgan fingerprint density at radius 3 is 2.91 bits per heavy atom. The Morgan fingerprint density at radius 1 is 1.64 bits per heavy atom. The van der Waals surface area contributed by atoms with E-state index in [1.54, 1.807) is 13.3 Å². The molecule has 57 valence electrons. The second kappa shape index (κ2) is 3.28. The predicted octanol–water partition coefficient (Wildman–Crippen LogP) is 0.0500. The van der Waals surface area contributed by atoms with Crippen LogP contribution >= 0.6 is 0 Å². The SMILES string of the molecule is C[B]c1cc(N)cnc1OC. The third kappa shape index (κ3) is 1.64. The molecule has 0 saturated carbocycles. The van der Waals surface area contributed by atoms with E-state index in [0.29, 0.717) is 11.6 Å². The van der Waals surface area contributed by atoms with Crippen LogP contribution in [0.25, 0.3) is 0 Å². The summed E-state index contributed by atoms with van der Waals surface area (Å²) in [5, 5.41) is 0. The van der Waals surface area contributed by atoms with Gasteiger partial charge in [0.2, 0.25) is 5.88 Å². The van der Waals surface area contributed by atoms with Gasteiger partial charge in [0.15, 0.2) is 7.28 Å². The summed E-state index contributed by atoms with van der Waals surface area (Å²) >= 11 is 0. The van der Waals surface area contributed by atoms with E-state index in [9.17, 15) is 0 Å². The standard InChI is InChI=1S/C7H10BN2O/c1-8-6-3-5(9)4-10-7(6)11-2/h3-4H,9H2,1-2H3. The molecular formula is C7H10BN2O. The Morgan fingerprint density at radius 2 is 2.36 bits per heavy atom. The van der Waals surface area contributed by atoms with Crippen molar-refractivity contribution in [2.45, 2.75) is 6.82 Å². The highest BCUT2D eigenvalue weighted by Gasteiger charge is 2.01. The molecule has 1 rings (SSSR count). The van der Waals surface area contributed by atoms with Crippen LogP contribution in [0.1, 0.15) is 0 Å². The van der Waals surface area contributed by atoms with Gasteiger partial charge in [-0.2, -0.15) is 0 Å². The second-order valence-corrected chi connectivity index (χ2v) is 2.16. The van der Waals surface area contributed by atoms with E-state index in [2.05, 4.69) is 4.98 Å². The smallest absolute Gasteiger partial charge is 0.206 e. The summed E-state index contributed by atoms with van der Waals surface area (Å²) in [5.41, 5.74) is 7.10. The summed E-state index contributed by atoms with van der Waals surface area (Å²) in [6.07, 6.45) is 1.58. The predicted molar refractivity (Wildman–Crippen MR) is 46.5 cm³/mol. The fraction of sp³-hybridized carbons (Fsp3) is 0.286. The van der Waals surface area contributed by atoms with Gasteiger partial charge in [-0.05, 0) is 11.5 Å². The molecule has 0 aliphatic rings. The molecule has 2 N–H and O–H groups in total. The zero-order valence-corrected chi connectivity index (χ0v) is 6.66. The fourth-order valence-electron chi connectivity index (χ4n) is 0.864. The van der Waals surface area contributed by atoms with Gasteiger partial charge in [0.1, 0.15) is 0 Å². The molecule has 0 atom stereocenters. The first-order chi connectivity index (χ1) is 5.27. The number of pyridine rings is 1. The first kappa shape index (κ1) is 7.92. The quantitative estimate of drug-likeness (QED) is 0.604. The highest BCUT2D eigenvalue weighted by molar-refractivity contribution is 6.53. The lowest BCUT2D eigenvalue weighted by Gasteiger charge is -2.04. The molecule has 0 saturated heterocycles. The van der Waals surface area contributed by atoms with E-state index >= 15 is 0 Å². The first-order valence-corrected chi connectivity index (χ1v) is 3.36. The Labute approximate surface area is 66.8 Å². The third-order valence-corrected chi connectivity index (χ3v) is 1.40. The normalized spacial score (nSPS) is 9.27. The van der Waals surface area contributed by atoms with Crippen LogP contribution in [0, 0.1) is 0 Å². The van der Waals surface area contributed by atoms with Gasteiger partial charge < -0.3 is 10.5 Å². The summed E-state index contributed by atoms with van der Waals surface area (Å²) in [6.45, 7) is 1.92. The van der Waals surface area contributed by atoms with Crippen molar-refractivity contribution in [3.05, 3.63) is 12.3 Å². The maximum Gasteiger partial charge on any atom is 0.206 e. The molecule has 4 heteroatoms. The molecule has 0 aliphatic heterocycles. The maximum atomic E-state index is 5.52. The number of anilines is 1. The van der Waals surface area contributed by atoms with Crippen LogP contribution in [-0.2, 0) is 0 Å². The molecule has 0 spiro atoms. The molecule has 1 heterocycles. The molecule has 0 aliphatic carbocycles. The van der Waals surface area contributed by atoms with E-state index in [4.69, 9.17) is 10.5 Å². The average molecular weight is 149 g/mol. The molecule has 0 aromatic carbocycles. The van der Waals surface area contributed by atoms with Crippen LogP contribution in [0.4, 0.5) is 5.69 Å². The van der Waals surface area contributed by atoms with Crippen LogP contribution < -0.4 is 15.9 Å². The van der Waals surface area contributed by atoms with Crippen LogP contribution in [-0.4, -0.2) is 19.4 Å². The van der Waals surface area contributed by atoms with E-state index in [-0.39, 0.29) is 0 Å². The van der Waals surface area contributed by atoms with Crippen molar-refractivity contribution in [1.82, 2.24) is 4.98 Å². The van der Waals surface area contributed by atoms with Crippen LogP contribution in [0.15, 0.2) is 12.3 Å². The van der Waals surface area contributed by atoms with E-state index in [0.717, 1.165) is 5.46 Å². The number of hydrogen-bond acceptors (Lipinski definition) is 3. The topological polar surface area (TPSA) is 48.1 Å². The van der Waals surface area contributed by atoms with Crippen molar-refractivity contribution in [3.8, 4) is 5.88 Å². The average Bonchev–Trinajstić information content (AvgIpc) is 2.04. The summed E-state index contributed by atoms with van der Waals surface area (Å²) in [7, 11) is 3.49. The molecular weight excluding hydrogens is 139 g/mol. The van der Waals surface area contributed by atoms with E-state index in [1.807, 2.05) is 20.2 Å². The number of nitrogen functional groups attached to an aromatic ring is 1. The first-order valence-electron chi connectivity index (χ1n) is 3.36. The zero-order valence-electron chi connectivity index (χ0n) is 6.66. The van der Waals surface area contributed by atoms with Gasteiger partial charge in [-0.1, -0.05) is 6.82 Å². The van der Waals surface area contributed by atoms with Crippen LogP contribution in [0.3, 0.4) is 0 Å². The van der Waals surface area contributed by atoms with Crippen molar-refractivity contribution < 1.29 is 4.74 Å². The second-order valence-electron chi connectivity index (χ2n) is 2.16. The summed E-state index contributed by atoms with van der Waals surface area (Å²) in [5.74, 6) is 0.613. The molecule has 3 nitrogen and oxygen atoms in total. The molecule has 1 aromatic rings. The minimum absolute atomic E-state index is 0.613. The van der Waals surface area contributed by atoms with Gasteiger partial charge in [-0.15, -0.1) is 0 Å². The van der Waals surface area contributed by atoms with Gasteiger partial charge in [0.05, 0.1) is 13.3 Å². The van der Waals surface area contributed by atoms with Gasteiger partial charge >= 0.3 is 0 Å². The maximum absolute atomic E-state index is 5.52. The van der Waals surface area contributed by atoms with Gasteiger partial charge in [-0.25, -0.2) is 4.98 Å².